The standard InChI is InChI=1S/C26H21I/c1-5-6-11-23-17(2)19-13-12-18(16-24(19)26(23,3)4)20-14-15-25(27)22-10-8-7-9-21(20)22/h1,6-16H,2-4H3/b11-6-. The van der Waals surface area contributed by atoms with E-state index in [1.807, 2.05) is 0 Å². The van der Waals surface area contributed by atoms with Gasteiger partial charge in [0, 0.05) is 8.99 Å². The van der Waals surface area contributed by atoms with E-state index in [1.54, 1.807) is 6.08 Å². The van der Waals surface area contributed by atoms with Gasteiger partial charge < -0.3 is 0 Å². The second-order valence-electron chi connectivity index (χ2n) is 7.56. The Kier molecular flexibility index (Phi) is 4.48. The number of terminal acetylenes is 1. The highest BCUT2D eigenvalue weighted by Crippen LogP contribution is 2.48. The lowest BCUT2D eigenvalue weighted by molar-refractivity contribution is 0.654. The van der Waals surface area contributed by atoms with Crippen molar-refractivity contribution < 1.29 is 0 Å². The Morgan fingerprint density at radius 3 is 2.41 bits per heavy atom. The smallest absolute Gasteiger partial charge is 0.0209 e. The molecule has 0 amide bonds. The van der Waals surface area contributed by atoms with Gasteiger partial charge in [0.25, 0.3) is 0 Å². The molecule has 0 bridgehead atoms. The summed E-state index contributed by atoms with van der Waals surface area (Å²) in [6.07, 6.45) is 9.35. The van der Waals surface area contributed by atoms with Crippen molar-refractivity contribution in [3.05, 3.63) is 87.0 Å². The summed E-state index contributed by atoms with van der Waals surface area (Å²) < 4.78 is 1.28. The molecule has 0 atom stereocenters. The molecule has 3 aromatic rings. The van der Waals surface area contributed by atoms with Gasteiger partial charge in [0.1, 0.15) is 0 Å². The van der Waals surface area contributed by atoms with Gasteiger partial charge in [-0.1, -0.05) is 62.2 Å². The van der Waals surface area contributed by atoms with Crippen LogP contribution in [0, 0.1) is 15.9 Å². The maximum absolute atomic E-state index is 5.45. The highest BCUT2D eigenvalue weighted by Gasteiger charge is 2.34. The number of rotatable bonds is 2. The number of hydrogen-bond donors (Lipinski definition) is 0. The Bertz CT molecular complexity index is 1170. The molecule has 27 heavy (non-hydrogen) atoms. The summed E-state index contributed by atoms with van der Waals surface area (Å²) in [5.74, 6) is 2.63. The molecule has 0 saturated heterocycles. The van der Waals surface area contributed by atoms with E-state index in [2.05, 4.69) is 110 Å². The van der Waals surface area contributed by atoms with E-state index in [1.165, 1.54) is 47.7 Å². The minimum atomic E-state index is -0.0538. The molecule has 0 radical (unpaired) electrons. The topological polar surface area (TPSA) is 0 Å². The van der Waals surface area contributed by atoms with Gasteiger partial charge in [-0.3, -0.25) is 0 Å². The van der Waals surface area contributed by atoms with Crippen molar-refractivity contribution in [1.29, 1.82) is 0 Å². The Morgan fingerprint density at radius 1 is 0.963 bits per heavy atom. The average molecular weight is 460 g/mol. The first-order valence-corrected chi connectivity index (χ1v) is 10.2. The fourth-order valence-electron chi connectivity index (χ4n) is 4.29. The van der Waals surface area contributed by atoms with Crippen LogP contribution in [0.3, 0.4) is 0 Å². The van der Waals surface area contributed by atoms with E-state index in [0.717, 1.165) is 0 Å². The number of halogens is 1. The molecule has 3 aromatic carbocycles. The van der Waals surface area contributed by atoms with Crippen LogP contribution in [-0.4, -0.2) is 0 Å². The molecule has 0 nitrogen and oxygen atoms in total. The second-order valence-corrected chi connectivity index (χ2v) is 8.73. The predicted octanol–water partition coefficient (Wildman–Crippen LogP) is 7.37. The maximum Gasteiger partial charge on any atom is 0.0209 e. The summed E-state index contributed by atoms with van der Waals surface area (Å²) in [4.78, 5) is 0. The molecule has 0 fully saturated rings. The summed E-state index contributed by atoms with van der Waals surface area (Å²) >= 11 is 2.42. The largest absolute Gasteiger partial charge is 0.115 e. The molecule has 132 valence electrons. The van der Waals surface area contributed by atoms with Crippen LogP contribution >= 0.6 is 22.6 Å². The molecule has 0 unspecified atom stereocenters. The zero-order valence-electron chi connectivity index (χ0n) is 15.8. The van der Waals surface area contributed by atoms with Crippen LogP contribution < -0.4 is 0 Å². The van der Waals surface area contributed by atoms with Crippen LogP contribution in [0.15, 0.2) is 72.3 Å². The van der Waals surface area contributed by atoms with Crippen molar-refractivity contribution in [2.24, 2.45) is 0 Å². The normalized spacial score (nSPS) is 15.4. The van der Waals surface area contributed by atoms with Crippen LogP contribution in [0.4, 0.5) is 0 Å². The number of benzene rings is 3. The molecule has 0 spiro atoms. The van der Waals surface area contributed by atoms with Crippen molar-refractivity contribution >= 4 is 38.9 Å². The van der Waals surface area contributed by atoms with Crippen LogP contribution in [0.5, 0.6) is 0 Å². The third-order valence-electron chi connectivity index (χ3n) is 5.70. The van der Waals surface area contributed by atoms with Gasteiger partial charge >= 0.3 is 0 Å². The Labute approximate surface area is 175 Å². The van der Waals surface area contributed by atoms with Gasteiger partial charge in [-0.2, -0.15) is 0 Å². The van der Waals surface area contributed by atoms with Crippen molar-refractivity contribution in [3.8, 4) is 23.5 Å². The zero-order valence-corrected chi connectivity index (χ0v) is 18.0. The first-order chi connectivity index (χ1) is 12.9. The van der Waals surface area contributed by atoms with Crippen molar-refractivity contribution in [2.45, 2.75) is 26.2 Å². The summed E-state index contributed by atoms with van der Waals surface area (Å²) in [5, 5.41) is 2.61. The van der Waals surface area contributed by atoms with E-state index < -0.39 is 0 Å². The van der Waals surface area contributed by atoms with E-state index in [-0.39, 0.29) is 5.41 Å². The monoisotopic (exact) mass is 460 g/mol. The van der Waals surface area contributed by atoms with Crippen LogP contribution in [0.25, 0.3) is 27.5 Å². The number of hydrogen-bond acceptors (Lipinski definition) is 0. The predicted molar refractivity (Wildman–Crippen MR) is 126 cm³/mol. The van der Waals surface area contributed by atoms with Crippen molar-refractivity contribution in [3.63, 3.8) is 0 Å². The van der Waals surface area contributed by atoms with Gasteiger partial charge in [-0.15, -0.1) is 6.42 Å². The van der Waals surface area contributed by atoms with E-state index in [0.29, 0.717) is 0 Å². The van der Waals surface area contributed by atoms with Gasteiger partial charge in [-0.05, 0) is 98.0 Å². The SMILES string of the molecule is C#C/C=C\C1=C(C)c2ccc(-c3ccc(I)c4ccccc34)cc2C1(C)C. The molecule has 0 aromatic heterocycles. The molecule has 0 heterocycles. The maximum atomic E-state index is 5.45. The van der Waals surface area contributed by atoms with Crippen molar-refractivity contribution in [2.75, 3.05) is 0 Å². The molecule has 4 rings (SSSR count). The van der Waals surface area contributed by atoms with E-state index in [9.17, 15) is 0 Å². The number of fused-ring (bicyclic) bond motifs is 2. The lowest BCUT2D eigenvalue weighted by atomic mass is 9.80. The lowest BCUT2D eigenvalue weighted by Crippen LogP contribution is -2.16. The highest BCUT2D eigenvalue weighted by molar-refractivity contribution is 14.1. The fourth-order valence-corrected chi connectivity index (χ4v) is 4.94. The third kappa shape index (κ3) is 2.84. The fraction of sp³-hybridized carbons (Fsp3) is 0.154. The summed E-state index contributed by atoms with van der Waals surface area (Å²) in [5.41, 5.74) is 7.83. The van der Waals surface area contributed by atoms with E-state index >= 15 is 0 Å². The molecule has 1 aliphatic rings. The van der Waals surface area contributed by atoms with Crippen LogP contribution in [-0.2, 0) is 5.41 Å². The first kappa shape index (κ1) is 18.1. The summed E-state index contributed by atoms with van der Waals surface area (Å²) in [7, 11) is 0. The van der Waals surface area contributed by atoms with Gasteiger partial charge in [0.2, 0.25) is 0 Å². The summed E-state index contributed by atoms with van der Waals surface area (Å²) in [6, 6.07) is 20.0. The van der Waals surface area contributed by atoms with Crippen LogP contribution in [0.2, 0.25) is 0 Å². The quantitative estimate of drug-likeness (QED) is 0.277. The van der Waals surface area contributed by atoms with Gasteiger partial charge in [0.15, 0.2) is 0 Å². The zero-order chi connectivity index (χ0) is 19.2. The first-order valence-electron chi connectivity index (χ1n) is 9.11. The van der Waals surface area contributed by atoms with Gasteiger partial charge in [-0.25, -0.2) is 0 Å². The lowest BCUT2D eigenvalue weighted by Gasteiger charge is -2.23. The third-order valence-corrected chi connectivity index (χ3v) is 6.64. The Morgan fingerprint density at radius 2 is 1.67 bits per heavy atom. The minimum Gasteiger partial charge on any atom is -0.115 e. The summed E-state index contributed by atoms with van der Waals surface area (Å²) in [6.45, 7) is 6.77. The molecular formula is C26H21I. The molecule has 1 heteroatoms. The minimum absolute atomic E-state index is 0.0538. The molecule has 0 aliphatic heterocycles. The highest BCUT2D eigenvalue weighted by atomic mass is 127. The number of allylic oxidation sites excluding steroid dienone is 4. The van der Waals surface area contributed by atoms with E-state index in [4.69, 9.17) is 6.42 Å². The molecule has 0 saturated carbocycles. The van der Waals surface area contributed by atoms with Crippen molar-refractivity contribution in [1.82, 2.24) is 0 Å². The Hall–Kier alpha value is -2.31. The second kappa shape index (κ2) is 6.69. The molecule has 1 aliphatic carbocycles. The Balaban J connectivity index is 1.91. The molecule has 0 N–H and O–H groups in total. The van der Waals surface area contributed by atoms with Crippen LogP contribution in [0.1, 0.15) is 31.9 Å². The molecular weight excluding hydrogens is 439 g/mol. The van der Waals surface area contributed by atoms with Gasteiger partial charge in [0.05, 0.1) is 0 Å². The average Bonchev–Trinajstić information content (AvgIpc) is 2.86.